The molecule has 0 aliphatic carbocycles. The second-order valence-electron chi connectivity index (χ2n) is 5.38. The van der Waals surface area contributed by atoms with Gasteiger partial charge in [0.05, 0.1) is 26.6 Å². The summed E-state index contributed by atoms with van der Waals surface area (Å²) >= 11 is 5.00. The largest absolute Gasteiger partial charge is 0.300 e. The monoisotopic (exact) mass is 409 g/mol. The van der Waals surface area contributed by atoms with Gasteiger partial charge < -0.3 is 0 Å². The molecule has 9 heteroatoms. The first-order valence-electron chi connectivity index (χ1n) is 6.94. The van der Waals surface area contributed by atoms with E-state index in [0.29, 0.717) is 12.2 Å². The number of amides is 1. The van der Waals surface area contributed by atoms with E-state index >= 15 is 0 Å². The zero-order valence-corrected chi connectivity index (χ0v) is 15.0. The molecule has 124 valence electrons. The number of Topliss-reactive ketones (excluding diaryl/α,β-unsaturated/α-hetero) is 1. The van der Waals surface area contributed by atoms with Gasteiger partial charge in [0.1, 0.15) is 0 Å². The van der Waals surface area contributed by atoms with E-state index in [-0.39, 0.29) is 17.9 Å². The fourth-order valence-electron chi connectivity index (χ4n) is 2.54. The highest BCUT2D eigenvalue weighted by molar-refractivity contribution is 9.11. The van der Waals surface area contributed by atoms with Gasteiger partial charge in [-0.15, -0.1) is 11.3 Å². The second-order valence-corrected chi connectivity index (χ2v) is 7.93. The summed E-state index contributed by atoms with van der Waals surface area (Å²) in [4.78, 5) is 38.9. The van der Waals surface area contributed by atoms with E-state index in [1.807, 2.05) is 24.1 Å². The zero-order chi connectivity index (χ0) is 17.4. The van der Waals surface area contributed by atoms with Crippen molar-refractivity contribution < 1.29 is 14.5 Å². The molecule has 0 N–H and O–H groups in total. The molecule has 0 atom stereocenters. The van der Waals surface area contributed by atoms with Crippen LogP contribution in [0.25, 0.3) is 0 Å². The maximum atomic E-state index is 12.2. The van der Waals surface area contributed by atoms with Gasteiger partial charge >= 0.3 is 5.91 Å². The molecule has 1 aromatic heterocycles. The maximum absolute atomic E-state index is 12.2. The Bertz CT molecular complexity index is 851. The van der Waals surface area contributed by atoms with Crippen LogP contribution in [0.3, 0.4) is 0 Å². The first-order valence-corrected chi connectivity index (χ1v) is 8.55. The molecule has 0 saturated heterocycles. The van der Waals surface area contributed by atoms with Crippen molar-refractivity contribution in [3.63, 3.8) is 0 Å². The number of halogens is 1. The van der Waals surface area contributed by atoms with Crippen LogP contribution in [0.2, 0.25) is 0 Å². The Kier molecular flexibility index (Phi) is 4.48. The Morgan fingerprint density at radius 1 is 1.29 bits per heavy atom. The number of ketones is 1. The summed E-state index contributed by atoms with van der Waals surface area (Å²) < 4.78 is 1.02. The van der Waals surface area contributed by atoms with Crippen molar-refractivity contribution in [3.8, 4) is 0 Å². The topological polar surface area (TPSA) is 83.8 Å². The summed E-state index contributed by atoms with van der Waals surface area (Å²) in [7, 11) is 1.84. The molecular formula is C15H12BrN3O4S. The number of benzene rings is 1. The van der Waals surface area contributed by atoms with Crippen LogP contribution in [0.5, 0.6) is 0 Å². The van der Waals surface area contributed by atoms with Crippen molar-refractivity contribution in [1.29, 1.82) is 0 Å². The van der Waals surface area contributed by atoms with Gasteiger partial charge in [-0.05, 0) is 41.2 Å². The number of nitro benzene ring substituents is 1. The van der Waals surface area contributed by atoms with Crippen molar-refractivity contribution >= 4 is 50.3 Å². The predicted molar refractivity (Wildman–Crippen MR) is 93.3 cm³/mol. The van der Waals surface area contributed by atoms with Crippen LogP contribution in [0.4, 0.5) is 11.4 Å². The van der Waals surface area contributed by atoms with E-state index in [1.165, 1.54) is 17.0 Å². The van der Waals surface area contributed by atoms with Crippen molar-refractivity contribution in [3.05, 3.63) is 54.7 Å². The summed E-state index contributed by atoms with van der Waals surface area (Å²) in [6, 6.07) is 7.85. The molecule has 2 heterocycles. The molecule has 1 aromatic carbocycles. The van der Waals surface area contributed by atoms with E-state index in [9.17, 15) is 19.7 Å². The van der Waals surface area contributed by atoms with Gasteiger partial charge in [-0.3, -0.25) is 29.5 Å². The number of hydrogen-bond donors (Lipinski definition) is 0. The van der Waals surface area contributed by atoms with Gasteiger partial charge in [-0.2, -0.15) is 0 Å². The van der Waals surface area contributed by atoms with Crippen LogP contribution in [0.1, 0.15) is 15.2 Å². The minimum Gasteiger partial charge on any atom is -0.291 e. The Balaban J connectivity index is 1.81. The third-order valence-electron chi connectivity index (χ3n) is 3.60. The fourth-order valence-corrected chi connectivity index (χ4v) is 4.10. The van der Waals surface area contributed by atoms with E-state index in [1.54, 1.807) is 11.3 Å². The van der Waals surface area contributed by atoms with Crippen molar-refractivity contribution in [1.82, 2.24) is 4.90 Å². The first-order chi connectivity index (χ1) is 11.4. The molecule has 0 unspecified atom stereocenters. The van der Waals surface area contributed by atoms with Gasteiger partial charge in [0.25, 0.3) is 11.5 Å². The van der Waals surface area contributed by atoms with Crippen molar-refractivity contribution in [2.45, 2.75) is 6.54 Å². The third-order valence-corrected chi connectivity index (χ3v) is 5.21. The summed E-state index contributed by atoms with van der Waals surface area (Å²) in [6.07, 6.45) is 0. The lowest BCUT2D eigenvalue weighted by molar-refractivity contribution is -0.384. The lowest BCUT2D eigenvalue weighted by Gasteiger charge is -2.23. The molecule has 0 radical (unpaired) electrons. The number of hydrogen-bond acceptors (Lipinski definition) is 6. The number of nitrogens with zero attached hydrogens (tertiary/aromatic N) is 3. The lowest BCUT2D eigenvalue weighted by atomic mass is 10.1. The predicted octanol–water partition coefficient (Wildman–Crippen LogP) is 3.04. The highest BCUT2D eigenvalue weighted by atomic mass is 79.9. The molecular weight excluding hydrogens is 398 g/mol. The fraction of sp³-hybridized carbons (Fsp3) is 0.200. The molecule has 3 rings (SSSR count). The molecule has 0 bridgehead atoms. The molecule has 0 fully saturated rings. The molecule has 24 heavy (non-hydrogen) atoms. The van der Waals surface area contributed by atoms with Gasteiger partial charge in [0.2, 0.25) is 0 Å². The number of carbonyl (C=O) groups is 2. The van der Waals surface area contributed by atoms with Crippen molar-refractivity contribution in [2.75, 3.05) is 18.6 Å². The Hall–Kier alpha value is -2.10. The van der Waals surface area contributed by atoms with Crippen LogP contribution in [-0.2, 0) is 11.3 Å². The standard InChI is InChI=1S/C15H12BrN3O4S/c1-17(7-10-3-5-13(16)24-10)8-18-12-4-2-9(19(22)23)6-11(12)14(20)15(18)21/h2-6H,7-8H2,1H3. The van der Waals surface area contributed by atoms with Crippen LogP contribution in [-0.4, -0.2) is 35.2 Å². The van der Waals surface area contributed by atoms with Gasteiger partial charge in [-0.1, -0.05) is 0 Å². The lowest BCUT2D eigenvalue weighted by Crippen LogP contribution is -2.38. The van der Waals surface area contributed by atoms with Crippen LogP contribution in [0, 0.1) is 10.1 Å². The van der Waals surface area contributed by atoms with E-state index in [4.69, 9.17) is 0 Å². The van der Waals surface area contributed by atoms with E-state index in [0.717, 1.165) is 14.7 Å². The van der Waals surface area contributed by atoms with Gasteiger partial charge in [0, 0.05) is 23.6 Å². The minimum absolute atomic E-state index is 0.0847. The number of non-ortho nitro benzene ring substituents is 1. The summed E-state index contributed by atoms with van der Waals surface area (Å²) in [6.45, 7) is 0.849. The molecule has 1 aliphatic rings. The summed E-state index contributed by atoms with van der Waals surface area (Å²) in [5.74, 6) is -1.37. The average molecular weight is 410 g/mol. The minimum atomic E-state index is -0.707. The van der Waals surface area contributed by atoms with Gasteiger partial charge in [-0.25, -0.2) is 0 Å². The van der Waals surface area contributed by atoms with Crippen molar-refractivity contribution in [2.24, 2.45) is 0 Å². The number of anilines is 1. The van der Waals surface area contributed by atoms with Crippen LogP contribution in [0.15, 0.2) is 34.1 Å². The molecule has 0 spiro atoms. The number of rotatable bonds is 5. The summed E-state index contributed by atoms with van der Waals surface area (Å²) in [5, 5.41) is 10.8. The van der Waals surface area contributed by atoms with E-state index in [2.05, 4.69) is 15.9 Å². The molecule has 0 saturated carbocycles. The maximum Gasteiger partial charge on any atom is 0.300 e. The summed E-state index contributed by atoms with van der Waals surface area (Å²) in [5.41, 5.74) is 0.296. The Morgan fingerprint density at radius 3 is 2.67 bits per heavy atom. The second kappa shape index (κ2) is 6.42. The number of carbonyl (C=O) groups excluding carboxylic acids is 2. The average Bonchev–Trinajstić information content (AvgIpc) is 3.04. The quantitative estimate of drug-likeness (QED) is 0.430. The molecule has 1 aliphatic heterocycles. The zero-order valence-electron chi connectivity index (χ0n) is 12.6. The first kappa shape index (κ1) is 16.7. The smallest absolute Gasteiger partial charge is 0.291 e. The molecule has 2 aromatic rings. The Morgan fingerprint density at radius 2 is 2.04 bits per heavy atom. The SMILES string of the molecule is CN(Cc1ccc(Br)s1)CN1C(=O)C(=O)c2cc([N+](=O)[O-])ccc21. The van der Waals surface area contributed by atoms with E-state index < -0.39 is 16.6 Å². The number of thiophene rings is 1. The van der Waals surface area contributed by atoms with Crippen LogP contribution >= 0.6 is 27.3 Å². The third kappa shape index (κ3) is 3.10. The molecule has 7 nitrogen and oxygen atoms in total. The number of nitro groups is 1. The highest BCUT2D eigenvalue weighted by Gasteiger charge is 2.37. The number of fused-ring (bicyclic) bond motifs is 1. The normalized spacial score (nSPS) is 13.7. The highest BCUT2D eigenvalue weighted by Crippen LogP contribution is 2.32. The van der Waals surface area contributed by atoms with Gasteiger partial charge in [0.15, 0.2) is 0 Å². The molecule has 1 amide bonds. The van der Waals surface area contributed by atoms with Crippen LogP contribution < -0.4 is 4.90 Å². The Labute approximate surface area is 149 Å².